The number of nitrogens with zero attached hydrogens (tertiary/aromatic N) is 2. The van der Waals surface area contributed by atoms with Crippen molar-refractivity contribution in [1.82, 2.24) is 15.3 Å². The van der Waals surface area contributed by atoms with Crippen molar-refractivity contribution in [3.05, 3.63) is 17.4 Å². The lowest BCUT2D eigenvalue weighted by Crippen LogP contribution is -2.34. The molecule has 0 spiro atoms. The van der Waals surface area contributed by atoms with E-state index in [1.54, 1.807) is 12.4 Å². The lowest BCUT2D eigenvalue weighted by molar-refractivity contribution is 0.267. The molecule has 1 atom stereocenters. The third-order valence-corrected chi connectivity index (χ3v) is 3.13. The predicted octanol–water partition coefficient (Wildman–Crippen LogP) is 2.43. The monoisotopic (exact) mass is 255 g/mol. The van der Waals surface area contributed by atoms with Gasteiger partial charge in [0, 0.05) is 6.04 Å². The lowest BCUT2D eigenvalue weighted by atomic mass is 10.0. The molecular weight excluding hydrogens is 238 g/mol. The van der Waals surface area contributed by atoms with Crippen molar-refractivity contribution in [3.8, 4) is 6.01 Å². The summed E-state index contributed by atoms with van der Waals surface area (Å²) in [5.74, 6) is 0. The maximum absolute atomic E-state index is 5.69. The van der Waals surface area contributed by atoms with Gasteiger partial charge in [-0.15, -0.1) is 0 Å². The highest BCUT2D eigenvalue weighted by Crippen LogP contribution is 2.12. The molecule has 1 aliphatic heterocycles. The first-order valence-corrected chi connectivity index (χ1v) is 6.56. The van der Waals surface area contributed by atoms with Crippen molar-refractivity contribution in [2.45, 2.75) is 38.1 Å². The number of hydrogen-bond donors (Lipinski definition) is 1. The summed E-state index contributed by atoms with van der Waals surface area (Å²) in [6, 6.07) is 1.07. The van der Waals surface area contributed by atoms with Crippen LogP contribution in [0.15, 0.2) is 12.4 Å². The second-order valence-electron chi connectivity index (χ2n) is 4.32. The van der Waals surface area contributed by atoms with Crippen LogP contribution in [0.4, 0.5) is 0 Å². The van der Waals surface area contributed by atoms with E-state index in [-0.39, 0.29) is 0 Å². The fourth-order valence-electron chi connectivity index (χ4n) is 2.04. The lowest BCUT2D eigenvalue weighted by Gasteiger charge is -2.23. The summed E-state index contributed by atoms with van der Waals surface area (Å²) in [6.45, 7) is 1.83. The van der Waals surface area contributed by atoms with Crippen LogP contribution in [0.3, 0.4) is 0 Å². The van der Waals surface area contributed by atoms with Crippen LogP contribution < -0.4 is 10.1 Å². The Balaban J connectivity index is 1.60. The van der Waals surface area contributed by atoms with Crippen LogP contribution in [-0.4, -0.2) is 29.2 Å². The molecule has 1 saturated heterocycles. The van der Waals surface area contributed by atoms with Crippen LogP contribution in [0.25, 0.3) is 0 Å². The van der Waals surface area contributed by atoms with Crippen LogP contribution in [0, 0.1) is 0 Å². The van der Waals surface area contributed by atoms with E-state index in [1.165, 1.54) is 19.3 Å². The molecule has 0 amide bonds. The van der Waals surface area contributed by atoms with E-state index in [9.17, 15) is 0 Å². The van der Waals surface area contributed by atoms with Crippen molar-refractivity contribution in [2.24, 2.45) is 0 Å². The van der Waals surface area contributed by atoms with Crippen molar-refractivity contribution < 1.29 is 4.74 Å². The molecule has 2 heterocycles. The number of piperidine rings is 1. The second kappa shape index (κ2) is 6.77. The Morgan fingerprint density at radius 2 is 2.18 bits per heavy atom. The van der Waals surface area contributed by atoms with Crippen LogP contribution in [0.2, 0.25) is 5.02 Å². The van der Waals surface area contributed by atoms with Gasteiger partial charge in [-0.2, -0.15) is 0 Å². The molecule has 0 aliphatic carbocycles. The molecule has 0 saturated carbocycles. The van der Waals surface area contributed by atoms with Gasteiger partial charge in [0.2, 0.25) is 0 Å². The molecule has 1 N–H and O–H groups in total. The van der Waals surface area contributed by atoms with Crippen LogP contribution in [0.5, 0.6) is 6.01 Å². The van der Waals surface area contributed by atoms with Crippen LogP contribution in [0.1, 0.15) is 32.1 Å². The van der Waals surface area contributed by atoms with E-state index in [4.69, 9.17) is 16.3 Å². The summed E-state index contributed by atoms with van der Waals surface area (Å²) in [5, 5.41) is 4.05. The summed E-state index contributed by atoms with van der Waals surface area (Å²) >= 11 is 5.69. The molecule has 2 rings (SSSR count). The third-order valence-electron chi connectivity index (χ3n) is 2.94. The first-order valence-electron chi connectivity index (χ1n) is 6.18. The van der Waals surface area contributed by atoms with E-state index < -0.39 is 0 Å². The summed E-state index contributed by atoms with van der Waals surface area (Å²) in [6.07, 6.45) is 9.23. The number of halogens is 1. The largest absolute Gasteiger partial charge is 0.463 e. The Morgan fingerprint density at radius 3 is 2.88 bits per heavy atom. The number of aromatic nitrogens is 2. The van der Waals surface area contributed by atoms with Crippen LogP contribution in [-0.2, 0) is 0 Å². The predicted molar refractivity (Wildman–Crippen MR) is 67.4 cm³/mol. The van der Waals surface area contributed by atoms with Crippen molar-refractivity contribution in [1.29, 1.82) is 0 Å². The van der Waals surface area contributed by atoms with Gasteiger partial charge >= 0.3 is 6.01 Å². The van der Waals surface area contributed by atoms with E-state index in [2.05, 4.69) is 15.3 Å². The highest BCUT2D eigenvalue weighted by atomic mass is 35.5. The Kier molecular flexibility index (Phi) is 5.01. The molecule has 1 fully saturated rings. The van der Waals surface area contributed by atoms with E-state index in [1.807, 2.05) is 0 Å². The average Bonchev–Trinajstić information content (AvgIpc) is 2.38. The minimum atomic E-state index is 0.408. The van der Waals surface area contributed by atoms with E-state index in [0.717, 1.165) is 19.4 Å². The topological polar surface area (TPSA) is 47.0 Å². The standard InChI is InChI=1S/C12H18ClN3O/c13-10-8-15-12(16-9-10)17-7-3-5-11-4-1-2-6-14-11/h8-9,11,14H,1-7H2. The molecule has 17 heavy (non-hydrogen) atoms. The Bertz CT molecular complexity index is 325. The van der Waals surface area contributed by atoms with Crippen molar-refractivity contribution in [2.75, 3.05) is 13.2 Å². The van der Waals surface area contributed by atoms with E-state index in [0.29, 0.717) is 23.7 Å². The van der Waals surface area contributed by atoms with Gasteiger partial charge in [-0.3, -0.25) is 0 Å². The van der Waals surface area contributed by atoms with Gasteiger partial charge in [0.15, 0.2) is 0 Å². The number of rotatable bonds is 5. The van der Waals surface area contributed by atoms with Gasteiger partial charge < -0.3 is 10.1 Å². The normalized spacial score (nSPS) is 20.2. The summed E-state index contributed by atoms with van der Waals surface area (Å²) in [5.41, 5.74) is 0. The van der Waals surface area contributed by atoms with Crippen molar-refractivity contribution in [3.63, 3.8) is 0 Å². The van der Waals surface area contributed by atoms with Gasteiger partial charge in [-0.1, -0.05) is 18.0 Å². The van der Waals surface area contributed by atoms with E-state index >= 15 is 0 Å². The highest BCUT2D eigenvalue weighted by Gasteiger charge is 2.11. The fourth-order valence-corrected chi connectivity index (χ4v) is 2.14. The minimum Gasteiger partial charge on any atom is -0.463 e. The Morgan fingerprint density at radius 1 is 1.35 bits per heavy atom. The number of hydrogen-bond acceptors (Lipinski definition) is 4. The smallest absolute Gasteiger partial charge is 0.316 e. The van der Waals surface area contributed by atoms with Gasteiger partial charge in [0.25, 0.3) is 0 Å². The summed E-state index contributed by atoms with van der Waals surface area (Å²) in [7, 11) is 0. The Hall–Kier alpha value is -0.870. The van der Waals surface area contributed by atoms with Gasteiger partial charge in [0.05, 0.1) is 24.0 Å². The molecule has 0 aromatic carbocycles. The SMILES string of the molecule is Clc1cnc(OCCCC2CCCCN2)nc1. The molecule has 1 aromatic heterocycles. The Labute approximate surface area is 107 Å². The molecule has 4 nitrogen and oxygen atoms in total. The highest BCUT2D eigenvalue weighted by molar-refractivity contribution is 6.30. The molecule has 1 unspecified atom stereocenters. The minimum absolute atomic E-state index is 0.408. The molecule has 1 aromatic rings. The van der Waals surface area contributed by atoms with Crippen molar-refractivity contribution >= 4 is 11.6 Å². The second-order valence-corrected chi connectivity index (χ2v) is 4.76. The molecule has 0 bridgehead atoms. The maximum Gasteiger partial charge on any atom is 0.316 e. The maximum atomic E-state index is 5.69. The third kappa shape index (κ3) is 4.48. The number of nitrogens with one attached hydrogen (secondary N) is 1. The van der Waals surface area contributed by atoms with Gasteiger partial charge in [0.1, 0.15) is 0 Å². The molecule has 0 radical (unpaired) electrons. The average molecular weight is 256 g/mol. The first-order chi connectivity index (χ1) is 8.34. The molecule has 1 aliphatic rings. The molecule has 94 valence electrons. The quantitative estimate of drug-likeness (QED) is 0.821. The van der Waals surface area contributed by atoms with Gasteiger partial charge in [-0.05, 0) is 32.2 Å². The zero-order valence-electron chi connectivity index (χ0n) is 9.86. The molecule has 5 heteroatoms. The summed E-state index contributed by atoms with van der Waals surface area (Å²) in [4.78, 5) is 7.96. The zero-order valence-corrected chi connectivity index (χ0v) is 10.6. The first kappa shape index (κ1) is 12.6. The van der Waals surface area contributed by atoms with Gasteiger partial charge in [-0.25, -0.2) is 9.97 Å². The molecular formula is C12H18ClN3O. The number of ether oxygens (including phenoxy) is 1. The van der Waals surface area contributed by atoms with Crippen LogP contribution >= 0.6 is 11.6 Å². The fraction of sp³-hybridized carbons (Fsp3) is 0.667. The summed E-state index contributed by atoms with van der Waals surface area (Å²) < 4.78 is 5.44. The zero-order chi connectivity index (χ0) is 11.9.